The van der Waals surface area contributed by atoms with E-state index < -0.39 is 0 Å². The number of hydrogen-bond donors (Lipinski definition) is 4. The van der Waals surface area contributed by atoms with Crippen LogP contribution < -0.4 is 0 Å². The van der Waals surface area contributed by atoms with E-state index in [0.717, 1.165) is 0 Å². The molecule has 0 atom stereocenters. The zero-order valence-corrected chi connectivity index (χ0v) is 9.27. The van der Waals surface area contributed by atoms with Crippen molar-refractivity contribution in [3.8, 4) is 0 Å². The van der Waals surface area contributed by atoms with Crippen LogP contribution in [-0.4, -0.2) is 46.3 Å². The first kappa shape index (κ1) is 24.2. The molecular formula is C9H22O8. The standard InChI is InChI=1S/C5H10.4CH2O2.2H2/c1-2-4-5-3-1;4*2-1-3;;/h1-5H2;4*1H,(H,2,3);2*1H. The Bertz CT molecular complexity index is 122. The van der Waals surface area contributed by atoms with E-state index in [4.69, 9.17) is 39.6 Å². The molecule has 0 aromatic heterocycles. The molecule has 0 saturated heterocycles. The van der Waals surface area contributed by atoms with E-state index in [1.165, 1.54) is 32.1 Å². The lowest BCUT2D eigenvalue weighted by atomic mass is 10.4. The minimum absolute atomic E-state index is 0. The quantitative estimate of drug-likeness (QED) is 0.474. The van der Waals surface area contributed by atoms with Crippen molar-refractivity contribution in [1.29, 1.82) is 0 Å². The third kappa shape index (κ3) is 236. The van der Waals surface area contributed by atoms with Gasteiger partial charge in [-0.2, -0.15) is 0 Å². The van der Waals surface area contributed by atoms with E-state index >= 15 is 0 Å². The molecule has 0 aromatic rings. The number of carboxylic acid groups (broad SMARTS) is 4. The SMILES string of the molecule is C1CCCC1.O=CO.O=CO.O=CO.O=CO.[HH].[HH]. The molecular weight excluding hydrogens is 236 g/mol. The summed E-state index contributed by atoms with van der Waals surface area (Å²) < 4.78 is 0. The normalized spacial score (nSPS) is 9.88. The van der Waals surface area contributed by atoms with Gasteiger partial charge in [-0.1, -0.05) is 32.1 Å². The maximum atomic E-state index is 8.36. The second-order valence-electron chi connectivity index (χ2n) is 2.19. The summed E-state index contributed by atoms with van der Waals surface area (Å²) in [6.45, 7) is -1.00. The predicted octanol–water partition coefficient (Wildman–Crippen LogP) is 1.25. The van der Waals surface area contributed by atoms with Crippen molar-refractivity contribution < 1.29 is 42.5 Å². The van der Waals surface area contributed by atoms with Gasteiger partial charge in [0.1, 0.15) is 0 Å². The first-order valence-corrected chi connectivity index (χ1v) is 4.48. The van der Waals surface area contributed by atoms with Crippen molar-refractivity contribution in [3.63, 3.8) is 0 Å². The van der Waals surface area contributed by atoms with Crippen molar-refractivity contribution in [2.24, 2.45) is 0 Å². The second kappa shape index (κ2) is 48.6. The van der Waals surface area contributed by atoms with Gasteiger partial charge in [-0.05, 0) is 0 Å². The Labute approximate surface area is 101 Å². The zero-order chi connectivity index (χ0) is 14.4. The molecule has 17 heavy (non-hydrogen) atoms. The smallest absolute Gasteiger partial charge is 0.290 e. The van der Waals surface area contributed by atoms with Crippen LogP contribution in [0.15, 0.2) is 0 Å². The van der Waals surface area contributed by atoms with Gasteiger partial charge in [0.2, 0.25) is 0 Å². The van der Waals surface area contributed by atoms with Gasteiger partial charge >= 0.3 is 0 Å². The van der Waals surface area contributed by atoms with Crippen LogP contribution in [0.3, 0.4) is 0 Å². The Balaban J connectivity index is -0.0000000279. The van der Waals surface area contributed by atoms with Crippen LogP contribution in [0.4, 0.5) is 0 Å². The fourth-order valence-electron chi connectivity index (χ4n) is 0.884. The summed E-state index contributed by atoms with van der Waals surface area (Å²) in [6, 6.07) is 0. The van der Waals surface area contributed by atoms with Crippen molar-refractivity contribution in [3.05, 3.63) is 0 Å². The molecule has 0 radical (unpaired) electrons. The summed E-state index contributed by atoms with van der Waals surface area (Å²) in [5, 5.41) is 27.6. The number of rotatable bonds is 0. The molecule has 0 amide bonds. The van der Waals surface area contributed by atoms with Crippen LogP contribution in [-0.2, 0) is 19.2 Å². The summed E-state index contributed by atoms with van der Waals surface area (Å²) in [6.07, 6.45) is 7.50. The van der Waals surface area contributed by atoms with Gasteiger partial charge < -0.3 is 20.4 Å². The Hall–Kier alpha value is -2.12. The lowest BCUT2D eigenvalue weighted by Crippen LogP contribution is -1.49. The third-order valence-corrected chi connectivity index (χ3v) is 1.25. The molecule has 0 bridgehead atoms. The minimum Gasteiger partial charge on any atom is -0.483 e. The maximum absolute atomic E-state index is 8.36. The van der Waals surface area contributed by atoms with Gasteiger partial charge in [0, 0.05) is 2.85 Å². The Kier molecular flexibility index (Phi) is 69.3. The van der Waals surface area contributed by atoms with Crippen LogP contribution in [0.5, 0.6) is 0 Å². The molecule has 0 spiro atoms. The molecule has 8 nitrogen and oxygen atoms in total. The summed E-state index contributed by atoms with van der Waals surface area (Å²) in [5.74, 6) is 0. The van der Waals surface area contributed by atoms with Crippen LogP contribution in [0.1, 0.15) is 35.0 Å². The van der Waals surface area contributed by atoms with Gasteiger partial charge in [0.15, 0.2) is 0 Å². The Morgan fingerprint density at radius 1 is 0.529 bits per heavy atom. The van der Waals surface area contributed by atoms with E-state index in [1.54, 1.807) is 0 Å². The fourth-order valence-corrected chi connectivity index (χ4v) is 0.884. The molecule has 1 aliphatic carbocycles. The molecule has 1 saturated carbocycles. The second-order valence-corrected chi connectivity index (χ2v) is 2.19. The minimum atomic E-state index is -0.250. The fraction of sp³-hybridized carbons (Fsp3) is 0.556. The van der Waals surface area contributed by atoms with Gasteiger partial charge in [-0.25, -0.2) is 0 Å². The lowest BCUT2D eigenvalue weighted by Gasteiger charge is -1.67. The number of carbonyl (C=O) groups is 4. The summed E-state index contributed by atoms with van der Waals surface area (Å²) >= 11 is 0. The molecule has 0 aromatic carbocycles. The molecule has 8 heteroatoms. The van der Waals surface area contributed by atoms with Crippen LogP contribution in [0.2, 0.25) is 0 Å². The van der Waals surface area contributed by atoms with Crippen molar-refractivity contribution >= 4 is 25.9 Å². The average molecular weight is 258 g/mol. The van der Waals surface area contributed by atoms with Gasteiger partial charge in [-0.3, -0.25) is 19.2 Å². The topological polar surface area (TPSA) is 149 Å². The maximum Gasteiger partial charge on any atom is 0.290 e. The van der Waals surface area contributed by atoms with Crippen LogP contribution in [0, 0.1) is 0 Å². The van der Waals surface area contributed by atoms with Gasteiger partial charge in [-0.15, -0.1) is 0 Å². The Morgan fingerprint density at radius 2 is 0.588 bits per heavy atom. The number of hydrogen-bond acceptors (Lipinski definition) is 4. The monoisotopic (exact) mass is 258 g/mol. The molecule has 0 aliphatic heterocycles. The highest BCUT2D eigenvalue weighted by Gasteiger charge is 1.95. The average Bonchev–Trinajstić information content (AvgIpc) is 2.79. The van der Waals surface area contributed by atoms with Gasteiger partial charge in [0.25, 0.3) is 25.9 Å². The highest BCUT2D eigenvalue weighted by atomic mass is 16.4. The highest BCUT2D eigenvalue weighted by Crippen LogP contribution is 2.15. The molecule has 4 N–H and O–H groups in total. The zero-order valence-electron chi connectivity index (χ0n) is 9.27. The molecule has 1 rings (SSSR count). The predicted molar refractivity (Wildman–Crippen MR) is 62.1 cm³/mol. The summed E-state index contributed by atoms with van der Waals surface area (Å²) in [7, 11) is 0. The van der Waals surface area contributed by atoms with Crippen molar-refractivity contribution in [2.45, 2.75) is 32.1 Å². The first-order valence-electron chi connectivity index (χ1n) is 4.48. The van der Waals surface area contributed by atoms with E-state index in [0.29, 0.717) is 0 Å². The van der Waals surface area contributed by atoms with E-state index in [2.05, 4.69) is 0 Å². The molecule has 0 unspecified atom stereocenters. The highest BCUT2D eigenvalue weighted by molar-refractivity contribution is 5.33. The molecule has 0 heterocycles. The third-order valence-electron chi connectivity index (χ3n) is 1.25. The van der Waals surface area contributed by atoms with Crippen molar-refractivity contribution in [1.82, 2.24) is 0 Å². The van der Waals surface area contributed by atoms with Gasteiger partial charge in [0.05, 0.1) is 0 Å². The summed E-state index contributed by atoms with van der Waals surface area (Å²) in [4.78, 5) is 33.4. The lowest BCUT2D eigenvalue weighted by molar-refractivity contribution is -0.123. The molecule has 1 fully saturated rings. The van der Waals surface area contributed by atoms with Crippen LogP contribution in [0.25, 0.3) is 0 Å². The first-order chi connectivity index (χ1) is 8.16. The summed E-state index contributed by atoms with van der Waals surface area (Å²) in [5.41, 5.74) is 0. The van der Waals surface area contributed by atoms with Crippen molar-refractivity contribution in [2.75, 3.05) is 0 Å². The van der Waals surface area contributed by atoms with Crippen LogP contribution >= 0.6 is 0 Å². The molecule has 1 aliphatic rings. The van der Waals surface area contributed by atoms with E-state index in [9.17, 15) is 0 Å². The molecule has 106 valence electrons. The largest absolute Gasteiger partial charge is 0.483 e. The van der Waals surface area contributed by atoms with E-state index in [1.807, 2.05) is 0 Å². The Morgan fingerprint density at radius 3 is 0.647 bits per heavy atom. The van der Waals surface area contributed by atoms with E-state index in [-0.39, 0.29) is 28.7 Å².